The second-order valence-corrected chi connectivity index (χ2v) is 8.90. The molecular formula is C24H39IN6O2. The fourth-order valence-electron chi connectivity index (χ4n) is 3.05. The van der Waals surface area contributed by atoms with Crippen LogP contribution in [-0.2, 0) is 24.2 Å². The van der Waals surface area contributed by atoms with Crippen LogP contribution in [0, 0.1) is 6.92 Å². The number of aromatic nitrogens is 2. The minimum atomic E-state index is -0.496. The van der Waals surface area contributed by atoms with Crippen molar-refractivity contribution in [2.24, 2.45) is 4.99 Å². The van der Waals surface area contributed by atoms with Gasteiger partial charge in [-0.25, -0.2) is 9.79 Å². The molecule has 1 amide bonds. The standard InChI is InChI=1S/C24H38N6O2.HI/c1-7-25-22(26-14-8-9-21-16-28-29-18(21)2)27-15-19-10-12-20(13-11-19)17-30(6)23(31)32-24(3,4)5;/h10-13,16H,7-9,14-15,17H2,1-6H3,(H,28,29)(H2,25,26,27);1H. The Morgan fingerprint density at radius 3 is 2.42 bits per heavy atom. The first-order valence-electron chi connectivity index (χ1n) is 11.2. The summed E-state index contributed by atoms with van der Waals surface area (Å²) in [6.45, 7) is 12.4. The Labute approximate surface area is 215 Å². The van der Waals surface area contributed by atoms with E-state index in [1.807, 2.05) is 58.2 Å². The van der Waals surface area contributed by atoms with Gasteiger partial charge in [-0.05, 0) is 64.2 Å². The highest BCUT2D eigenvalue weighted by Crippen LogP contribution is 2.12. The summed E-state index contributed by atoms with van der Waals surface area (Å²) in [6, 6.07) is 8.15. The molecule has 0 radical (unpaired) electrons. The molecule has 0 aliphatic rings. The molecule has 0 saturated carbocycles. The summed E-state index contributed by atoms with van der Waals surface area (Å²) in [7, 11) is 1.74. The number of ether oxygens (including phenoxy) is 1. The molecule has 0 spiro atoms. The van der Waals surface area contributed by atoms with E-state index in [0.29, 0.717) is 13.1 Å². The van der Waals surface area contributed by atoms with E-state index < -0.39 is 5.60 Å². The van der Waals surface area contributed by atoms with Crippen molar-refractivity contribution in [1.29, 1.82) is 0 Å². The molecule has 2 rings (SSSR count). The van der Waals surface area contributed by atoms with Crippen molar-refractivity contribution in [2.45, 2.75) is 66.2 Å². The number of rotatable bonds is 9. The number of aryl methyl sites for hydroxylation is 2. The lowest BCUT2D eigenvalue weighted by molar-refractivity contribution is 0.0285. The van der Waals surface area contributed by atoms with Crippen LogP contribution >= 0.6 is 24.0 Å². The van der Waals surface area contributed by atoms with Crippen LogP contribution in [0.3, 0.4) is 0 Å². The van der Waals surface area contributed by atoms with Crippen LogP contribution in [0.2, 0.25) is 0 Å². The molecule has 0 bridgehead atoms. The Kier molecular flexibility index (Phi) is 12.2. The molecule has 0 aliphatic heterocycles. The van der Waals surface area contributed by atoms with Gasteiger partial charge in [0.2, 0.25) is 0 Å². The Bertz CT molecular complexity index is 874. The van der Waals surface area contributed by atoms with Crippen LogP contribution in [-0.4, -0.2) is 52.9 Å². The van der Waals surface area contributed by atoms with Gasteiger partial charge in [-0.3, -0.25) is 5.10 Å². The van der Waals surface area contributed by atoms with E-state index in [-0.39, 0.29) is 30.1 Å². The SMILES string of the molecule is CCNC(=NCc1ccc(CN(C)C(=O)OC(C)(C)C)cc1)NCCCc1cn[nH]c1C.I. The Morgan fingerprint density at radius 1 is 1.18 bits per heavy atom. The number of hydrogen-bond donors (Lipinski definition) is 3. The predicted molar refractivity (Wildman–Crippen MR) is 144 cm³/mol. The van der Waals surface area contributed by atoms with E-state index in [2.05, 4.69) is 32.7 Å². The molecule has 8 nitrogen and oxygen atoms in total. The van der Waals surface area contributed by atoms with Gasteiger partial charge in [-0.15, -0.1) is 24.0 Å². The van der Waals surface area contributed by atoms with Crippen molar-refractivity contribution in [3.63, 3.8) is 0 Å². The number of carbonyl (C=O) groups excluding carboxylic acids is 1. The van der Waals surface area contributed by atoms with Crippen molar-refractivity contribution < 1.29 is 9.53 Å². The molecule has 9 heteroatoms. The highest BCUT2D eigenvalue weighted by Gasteiger charge is 2.19. The minimum absolute atomic E-state index is 0. The summed E-state index contributed by atoms with van der Waals surface area (Å²) < 4.78 is 5.40. The summed E-state index contributed by atoms with van der Waals surface area (Å²) in [4.78, 5) is 18.4. The summed E-state index contributed by atoms with van der Waals surface area (Å²) in [5.41, 5.74) is 4.05. The zero-order chi connectivity index (χ0) is 23.6. The number of amides is 1. The predicted octanol–water partition coefficient (Wildman–Crippen LogP) is 4.39. The monoisotopic (exact) mass is 570 g/mol. The van der Waals surface area contributed by atoms with Gasteiger partial charge < -0.3 is 20.3 Å². The van der Waals surface area contributed by atoms with Crippen LogP contribution < -0.4 is 10.6 Å². The van der Waals surface area contributed by atoms with Crippen molar-refractivity contribution in [1.82, 2.24) is 25.7 Å². The molecule has 0 unspecified atom stereocenters. The molecule has 0 aliphatic carbocycles. The topological polar surface area (TPSA) is 94.6 Å². The summed E-state index contributed by atoms with van der Waals surface area (Å²) in [5.74, 6) is 0.810. The van der Waals surface area contributed by atoms with Crippen LogP contribution in [0.15, 0.2) is 35.5 Å². The lowest BCUT2D eigenvalue weighted by Gasteiger charge is -2.24. The lowest BCUT2D eigenvalue weighted by Crippen LogP contribution is -2.37. The van der Waals surface area contributed by atoms with Crippen molar-refractivity contribution >= 4 is 36.0 Å². The van der Waals surface area contributed by atoms with Crippen molar-refractivity contribution in [2.75, 3.05) is 20.1 Å². The van der Waals surface area contributed by atoms with Gasteiger partial charge in [0, 0.05) is 32.4 Å². The third kappa shape index (κ3) is 10.9. The third-order valence-electron chi connectivity index (χ3n) is 4.76. The number of guanidine groups is 1. The first-order chi connectivity index (χ1) is 15.2. The highest BCUT2D eigenvalue weighted by atomic mass is 127. The first-order valence-corrected chi connectivity index (χ1v) is 11.2. The number of hydrogen-bond acceptors (Lipinski definition) is 4. The van der Waals surface area contributed by atoms with Gasteiger partial charge in [-0.1, -0.05) is 24.3 Å². The molecule has 3 N–H and O–H groups in total. The number of H-pyrrole nitrogens is 1. The number of aliphatic imine (C=N–C) groups is 1. The van der Waals surface area contributed by atoms with E-state index in [0.717, 1.165) is 48.7 Å². The maximum Gasteiger partial charge on any atom is 0.410 e. The maximum absolute atomic E-state index is 12.1. The van der Waals surface area contributed by atoms with E-state index >= 15 is 0 Å². The second-order valence-electron chi connectivity index (χ2n) is 8.90. The van der Waals surface area contributed by atoms with Crippen LogP contribution in [0.1, 0.15) is 56.5 Å². The zero-order valence-corrected chi connectivity index (χ0v) is 23.0. The molecule has 184 valence electrons. The van der Waals surface area contributed by atoms with E-state index in [1.165, 1.54) is 5.56 Å². The average molecular weight is 571 g/mol. The largest absolute Gasteiger partial charge is 0.444 e. The van der Waals surface area contributed by atoms with E-state index in [9.17, 15) is 4.79 Å². The Hall–Kier alpha value is -2.30. The molecule has 1 aromatic carbocycles. The smallest absolute Gasteiger partial charge is 0.410 e. The maximum atomic E-state index is 12.1. The average Bonchev–Trinajstić information content (AvgIpc) is 3.13. The van der Waals surface area contributed by atoms with Crippen LogP contribution in [0.5, 0.6) is 0 Å². The number of nitrogens with one attached hydrogen (secondary N) is 3. The highest BCUT2D eigenvalue weighted by molar-refractivity contribution is 14.0. The minimum Gasteiger partial charge on any atom is -0.444 e. The number of carbonyl (C=O) groups is 1. The third-order valence-corrected chi connectivity index (χ3v) is 4.76. The normalized spacial score (nSPS) is 11.5. The number of benzene rings is 1. The van der Waals surface area contributed by atoms with Crippen LogP contribution in [0.4, 0.5) is 4.79 Å². The summed E-state index contributed by atoms with van der Waals surface area (Å²) >= 11 is 0. The molecule has 2 aromatic rings. The fourth-order valence-corrected chi connectivity index (χ4v) is 3.05. The van der Waals surface area contributed by atoms with E-state index in [1.54, 1.807) is 11.9 Å². The molecule has 0 fully saturated rings. The van der Waals surface area contributed by atoms with Crippen molar-refractivity contribution in [3.8, 4) is 0 Å². The number of aromatic amines is 1. The second kappa shape index (κ2) is 14.1. The fraction of sp³-hybridized carbons (Fsp3) is 0.542. The van der Waals surface area contributed by atoms with Gasteiger partial charge in [0.05, 0.1) is 12.7 Å². The molecule has 33 heavy (non-hydrogen) atoms. The van der Waals surface area contributed by atoms with Crippen LogP contribution in [0.25, 0.3) is 0 Å². The number of nitrogens with zero attached hydrogens (tertiary/aromatic N) is 3. The Morgan fingerprint density at radius 2 is 1.85 bits per heavy atom. The summed E-state index contributed by atoms with van der Waals surface area (Å²) in [5, 5.41) is 13.7. The molecular weight excluding hydrogens is 531 g/mol. The first kappa shape index (κ1) is 28.7. The van der Waals surface area contributed by atoms with Gasteiger partial charge in [-0.2, -0.15) is 5.10 Å². The number of halogens is 1. The molecule has 0 atom stereocenters. The van der Waals surface area contributed by atoms with Gasteiger partial charge in [0.15, 0.2) is 5.96 Å². The molecule has 1 aromatic heterocycles. The van der Waals surface area contributed by atoms with Crippen molar-refractivity contribution in [3.05, 3.63) is 52.8 Å². The van der Waals surface area contributed by atoms with Gasteiger partial charge in [0.25, 0.3) is 0 Å². The van der Waals surface area contributed by atoms with Gasteiger partial charge in [0.1, 0.15) is 5.60 Å². The lowest BCUT2D eigenvalue weighted by atomic mass is 10.1. The Balaban J connectivity index is 0.00000544. The molecule has 1 heterocycles. The van der Waals surface area contributed by atoms with E-state index in [4.69, 9.17) is 4.74 Å². The molecule has 0 saturated heterocycles. The quantitative estimate of drug-likeness (QED) is 0.180. The van der Waals surface area contributed by atoms with Gasteiger partial charge >= 0.3 is 6.09 Å². The zero-order valence-electron chi connectivity index (χ0n) is 20.7. The summed E-state index contributed by atoms with van der Waals surface area (Å²) in [6.07, 6.45) is 3.55.